The maximum atomic E-state index is 5.61. The Morgan fingerprint density at radius 2 is 2.29 bits per heavy atom. The van der Waals surface area contributed by atoms with Crippen LogP contribution in [0.2, 0.25) is 0 Å². The van der Waals surface area contributed by atoms with Crippen LogP contribution in [0.1, 0.15) is 32.3 Å². The van der Waals surface area contributed by atoms with Gasteiger partial charge in [0.1, 0.15) is 0 Å². The molecule has 0 spiro atoms. The van der Waals surface area contributed by atoms with Crippen LogP contribution in [0.5, 0.6) is 0 Å². The second-order valence-electron chi connectivity index (χ2n) is 4.39. The molecule has 0 fully saturated rings. The molecule has 1 aromatic rings. The molecule has 1 aromatic heterocycles. The molecule has 0 radical (unpaired) electrons. The fraction of sp³-hybridized carbons (Fsp3) is 0.769. The molecule has 1 heterocycles. The Labute approximate surface area is 104 Å². The van der Waals surface area contributed by atoms with Gasteiger partial charge in [0.25, 0.3) is 0 Å². The molecule has 1 rings (SSSR count). The molecular formula is C13H25N3O. The van der Waals surface area contributed by atoms with E-state index >= 15 is 0 Å². The minimum atomic E-state index is 0.451. The lowest BCUT2D eigenvalue weighted by atomic mass is 10.1. The standard InChI is InChI=1S/C13H25N3O/c1-4-8-17-11-13(14-5-2)7-6-12-9-15-16(3)10-12/h9-10,13-14H,4-8,11H2,1-3H3. The summed E-state index contributed by atoms with van der Waals surface area (Å²) in [5, 5.41) is 7.65. The summed E-state index contributed by atoms with van der Waals surface area (Å²) in [5.74, 6) is 0. The van der Waals surface area contributed by atoms with Gasteiger partial charge in [0.05, 0.1) is 12.8 Å². The van der Waals surface area contributed by atoms with Gasteiger partial charge in [-0.15, -0.1) is 0 Å². The van der Waals surface area contributed by atoms with Gasteiger partial charge in [-0.1, -0.05) is 13.8 Å². The number of aryl methyl sites for hydroxylation is 2. The summed E-state index contributed by atoms with van der Waals surface area (Å²) in [6.45, 7) is 6.93. The number of nitrogens with zero attached hydrogens (tertiary/aromatic N) is 2. The average molecular weight is 239 g/mol. The van der Waals surface area contributed by atoms with Crippen molar-refractivity contribution in [2.24, 2.45) is 7.05 Å². The Morgan fingerprint density at radius 1 is 1.47 bits per heavy atom. The fourth-order valence-corrected chi connectivity index (χ4v) is 1.84. The maximum Gasteiger partial charge on any atom is 0.0619 e. The summed E-state index contributed by atoms with van der Waals surface area (Å²) in [5.41, 5.74) is 1.30. The van der Waals surface area contributed by atoms with Crippen molar-refractivity contribution in [3.8, 4) is 0 Å². The van der Waals surface area contributed by atoms with Crippen LogP contribution in [0.4, 0.5) is 0 Å². The van der Waals surface area contributed by atoms with E-state index in [0.29, 0.717) is 6.04 Å². The molecule has 98 valence electrons. The predicted molar refractivity (Wildman–Crippen MR) is 70.1 cm³/mol. The predicted octanol–water partition coefficient (Wildman–Crippen LogP) is 1.76. The minimum Gasteiger partial charge on any atom is -0.380 e. The molecule has 0 aliphatic carbocycles. The quantitative estimate of drug-likeness (QED) is 0.667. The molecule has 17 heavy (non-hydrogen) atoms. The fourth-order valence-electron chi connectivity index (χ4n) is 1.84. The van der Waals surface area contributed by atoms with Gasteiger partial charge in [0.15, 0.2) is 0 Å². The average Bonchev–Trinajstić information content (AvgIpc) is 2.72. The molecule has 1 atom stereocenters. The van der Waals surface area contributed by atoms with Crippen molar-refractivity contribution in [1.82, 2.24) is 15.1 Å². The van der Waals surface area contributed by atoms with Gasteiger partial charge in [-0.3, -0.25) is 4.68 Å². The van der Waals surface area contributed by atoms with Crippen molar-refractivity contribution in [1.29, 1.82) is 0 Å². The van der Waals surface area contributed by atoms with Crippen molar-refractivity contribution >= 4 is 0 Å². The van der Waals surface area contributed by atoms with E-state index in [4.69, 9.17) is 4.74 Å². The third kappa shape index (κ3) is 5.84. The zero-order chi connectivity index (χ0) is 12.5. The molecule has 0 saturated heterocycles. The monoisotopic (exact) mass is 239 g/mol. The highest BCUT2D eigenvalue weighted by molar-refractivity contribution is 5.03. The van der Waals surface area contributed by atoms with E-state index < -0.39 is 0 Å². The Morgan fingerprint density at radius 3 is 2.88 bits per heavy atom. The highest BCUT2D eigenvalue weighted by Crippen LogP contribution is 2.04. The molecule has 4 nitrogen and oxygen atoms in total. The normalized spacial score (nSPS) is 12.9. The lowest BCUT2D eigenvalue weighted by Gasteiger charge is -2.17. The van der Waals surface area contributed by atoms with Gasteiger partial charge in [0.2, 0.25) is 0 Å². The van der Waals surface area contributed by atoms with Crippen molar-refractivity contribution in [3.63, 3.8) is 0 Å². The summed E-state index contributed by atoms with van der Waals surface area (Å²) >= 11 is 0. The first-order valence-electron chi connectivity index (χ1n) is 6.54. The highest BCUT2D eigenvalue weighted by Gasteiger charge is 2.08. The van der Waals surface area contributed by atoms with Crippen LogP contribution >= 0.6 is 0 Å². The number of aromatic nitrogens is 2. The van der Waals surface area contributed by atoms with Crippen LogP contribution in [0, 0.1) is 0 Å². The van der Waals surface area contributed by atoms with Crippen LogP contribution in [-0.4, -0.2) is 35.6 Å². The largest absolute Gasteiger partial charge is 0.380 e. The molecule has 0 bridgehead atoms. The first-order valence-corrected chi connectivity index (χ1v) is 6.54. The zero-order valence-electron chi connectivity index (χ0n) is 11.3. The first kappa shape index (κ1) is 14.2. The Bertz CT molecular complexity index is 299. The molecule has 4 heteroatoms. The van der Waals surface area contributed by atoms with Gasteiger partial charge in [-0.2, -0.15) is 5.10 Å². The zero-order valence-corrected chi connectivity index (χ0v) is 11.3. The van der Waals surface area contributed by atoms with Gasteiger partial charge in [0, 0.05) is 25.9 Å². The maximum absolute atomic E-state index is 5.61. The van der Waals surface area contributed by atoms with Crippen molar-refractivity contribution in [2.45, 2.75) is 39.2 Å². The molecule has 1 unspecified atom stereocenters. The Kier molecular flexibility index (Phi) is 6.89. The second-order valence-corrected chi connectivity index (χ2v) is 4.39. The van der Waals surface area contributed by atoms with Gasteiger partial charge >= 0.3 is 0 Å². The third-order valence-corrected chi connectivity index (χ3v) is 2.70. The molecule has 0 aliphatic rings. The smallest absolute Gasteiger partial charge is 0.0619 e. The summed E-state index contributed by atoms with van der Waals surface area (Å²) in [6, 6.07) is 0.451. The number of hydrogen-bond acceptors (Lipinski definition) is 3. The molecule has 0 saturated carbocycles. The summed E-state index contributed by atoms with van der Waals surface area (Å²) in [7, 11) is 1.95. The highest BCUT2D eigenvalue weighted by atomic mass is 16.5. The van der Waals surface area contributed by atoms with E-state index in [1.54, 1.807) is 0 Å². The van der Waals surface area contributed by atoms with E-state index in [2.05, 4.69) is 30.5 Å². The van der Waals surface area contributed by atoms with Gasteiger partial charge in [-0.25, -0.2) is 0 Å². The number of likely N-dealkylation sites (N-methyl/N-ethyl adjacent to an activating group) is 1. The van der Waals surface area contributed by atoms with E-state index in [1.807, 2.05) is 17.9 Å². The summed E-state index contributed by atoms with van der Waals surface area (Å²) in [6.07, 6.45) is 7.26. The molecule has 0 aromatic carbocycles. The number of ether oxygens (including phenoxy) is 1. The third-order valence-electron chi connectivity index (χ3n) is 2.70. The Hall–Kier alpha value is -0.870. The molecule has 1 N–H and O–H groups in total. The second kappa shape index (κ2) is 8.25. The van der Waals surface area contributed by atoms with Crippen LogP contribution in [0.25, 0.3) is 0 Å². The summed E-state index contributed by atoms with van der Waals surface area (Å²) < 4.78 is 7.46. The molecular weight excluding hydrogens is 214 g/mol. The van der Waals surface area contributed by atoms with E-state index in [0.717, 1.165) is 39.0 Å². The SMILES string of the molecule is CCCOCC(CCc1cnn(C)c1)NCC. The molecule has 0 amide bonds. The van der Waals surface area contributed by atoms with Crippen LogP contribution in [-0.2, 0) is 18.2 Å². The first-order chi connectivity index (χ1) is 8.26. The van der Waals surface area contributed by atoms with E-state index in [-0.39, 0.29) is 0 Å². The molecule has 0 aliphatic heterocycles. The number of nitrogens with one attached hydrogen (secondary N) is 1. The lowest BCUT2D eigenvalue weighted by molar-refractivity contribution is 0.110. The van der Waals surface area contributed by atoms with Crippen molar-refractivity contribution in [2.75, 3.05) is 19.8 Å². The Balaban J connectivity index is 2.27. The van der Waals surface area contributed by atoms with Crippen LogP contribution in [0.3, 0.4) is 0 Å². The number of hydrogen-bond donors (Lipinski definition) is 1. The van der Waals surface area contributed by atoms with E-state index in [1.165, 1.54) is 5.56 Å². The van der Waals surface area contributed by atoms with Crippen LogP contribution in [0.15, 0.2) is 12.4 Å². The minimum absolute atomic E-state index is 0.451. The topological polar surface area (TPSA) is 39.1 Å². The number of rotatable bonds is 9. The van der Waals surface area contributed by atoms with Gasteiger partial charge in [-0.05, 0) is 31.4 Å². The lowest BCUT2D eigenvalue weighted by Crippen LogP contribution is -2.34. The summed E-state index contributed by atoms with van der Waals surface area (Å²) in [4.78, 5) is 0. The van der Waals surface area contributed by atoms with Crippen molar-refractivity contribution in [3.05, 3.63) is 18.0 Å². The van der Waals surface area contributed by atoms with Crippen LogP contribution < -0.4 is 5.32 Å². The van der Waals surface area contributed by atoms with Crippen molar-refractivity contribution < 1.29 is 4.74 Å². The van der Waals surface area contributed by atoms with E-state index in [9.17, 15) is 0 Å². The van der Waals surface area contributed by atoms with Gasteiger partial charge < -0.3 is 10.1 Å².